The standard InChI is InChI=1S/C23H36O4/c1-4-6-7-8-9-10-11-12-13-14-18-15-16-19(22(24)25)21(23(26)27)20(18)17(3)5-2/h15-17H,4-14H2,1-3H3,(H,24,25)(H,26,27). The summed E-state index contributed by atoms with van der Waals surface area (Å²) in [4.78, 5) is 23.2. The van der Waals surface area contributed by atoms with E-state index < -0.39 is 11.9 Å². The lowest BCUT2D eigenvalue weighted by molar-refractivity contribution is 0.0650. The second-order valence-corrected chi connectivity index (χ2v) is 7.56. The summed E-state index contributed by atoms with van der Waals surface area (Å²) >= 11 is 0. The summed E-state index contributed by atoms with van der Waals surface area (Å²) in [6, 6.07) is 3.28. The minimum Gasteiger partial charge on any atom is -0.478 e. The van der Waals surface area contributed by atoms with E-state index >= 15 is 0 Å². The normalized spacial score (nSPS) is 12.1. The van der Waals surface area contributed by atoms with E-state index in [4.69, 9.17) is 0 Å². The van der Waals surface area contributed by atoms with Gasteiger partial charge in [0, 0.05) is 0 Å². The zero-order valence-electron chi connectivity index (χ0n) is 17.2. The van der Waals surface area contributed by atoms with Gasteiger partial charge in [-0.05, 0) is 42.4 Å². The minimum absolute atomic E-state index is 0.0229. The highest BCUT2D eigenvalue weighted by Crippen LogP contribution is 2.31. The Balaban J connectivity index is 2.73. The van der Waals surface area contributed by atoms with Crippen LogP contribution in [0.2, 0.25) is 0 Å². The van der Waals surface area contributed by atoms with Crippen LogP contribution in [0.15, 0.2) is 12.1 Å². The topological polar surface area (TPSA) is 74.6 Å². The molecule has 0 aliphatic carbocycles. The van der Waals surface area contributed by atoms with Gasteiger partial charge in [0.05, 0.1) is 11.1 Å². The lowest BCUT2D eigenvalue weighted by Crippen LogP contribution is -2.15. The molecule has 0 spiro atoms. The maximum atomic E-state index is 11.8. The van der Waals surface area contributed by atoms with Crippen LogP contribution < -0.4 is 0 Å². The molecule has 0 saturated heterocycles. The first-order valence-corrected chi connectivity index (χ1v) is 10.6. The van der Waals surface area contributed by atoms with Crippen molar-refractivity contribution in [2.75, 3.05) is 0 Å². The molecular weight excluding hydrogens is 340 g/mol. The molecule has 0 fully saturated rings. The van der Waals surface area contributed by atoms with Crippen LogP contribution in [0.5, 0.6) is 0 Å². The summed E-state index contributed by atoms with van der Waals surface area (Å²) < 4.78 is 0. The number of hydrogen-bond donors (Lipinski definition) is 2. The van der Waals surface area contributed by atoms with Crippen molar-refractivity contribution >= 4 is 11.9 Å². The SMILES string of the molecule is CCCCCCCCCCCc1ccc(C(=O)O)c(C(=O)O)c1C(C)CC. The molecule has 0 aliphatic heterocycles. The molecule has 0 aliphatic rings. The minimum atomic E-state index is -1.17. The second kappa shape index (κ2) is 12.5. The fourth-order valence-electron chi connectivity index (χ4n) is 3.68. The van der Waals surface area contributed by atoms with E-state index in [1.807, 2.05) is 19.9 Å². The molecule has 1 aromatic rings. The van der Waals surface area contributed by atoms with E-state index in [2.05, 4.69) is 6.92 Å². The van der Waals surface area contributed by atoms with Gasteiger partial charge in [-0.15, -0.1) is 0 Å². The number of carboxylic acids is 2. The Kier molecular flexibility index (Phi) is 10.8. The molecule has 152 valence electrons. The van der Waals surface area contributed by atoms with E-state index in [0.717, 1.165) is 31.2 Å². The van der Waals surface area contributed by atoms with Crippen LogP contribution in [0, 0.1) is 0 Å². The van der Waals surface area contributed by atoms with Gasteiger partial charge in [0.15, 0.2) is 0 Å². The van der Waals surface area contributed by atoms with Crippen molar-refractivity contribution in [3.05, 3.63) is 34.4 Å². The fourth-order valence-corrected chi connectivity index (χ4v) is 3.68. The first-order valence-electron chi connectivity index (χ1n) is 10.6. The fraction of sp³-hybridized carbons (Fsp3) is 0.652. The van der Waals surface area contributed by atoms with Gasteiger partial charge in [0.1, 0.15) is 0 Å². The molecule has 1 aromatic carbocycles. The second-order valence-electron chi connectivity index (χ2n) is 7.56. The average Bonchev–Trinajstić information content (AvgIpc) is 2.65. The van der Waals surface area contributed by atoms with Gasteiger partial charge in [-0.3, -0.25) is 0 Å². The Morgan fingerprint density at radius 1 is 0.852 bits per heavy atom. The number of carbonyl (C=O) groups is 2. The molecule has 0 heterocycles. The maximum absolute atomic E-state index is 11.8. The molecule has 0 bridgehead atoms. The number of hydrogen-bond acceptors (Lipinski definition) is 2. The smallest absolute Gasteiger partial charge is 0.336 e. The van der Waals surface area contributed by atoms with Crippen molar-refractivity contribution in [1.82, 2.24) is 0 Å². The van der Waals surface area contributed by atoms with Crippen LogP contribution in [0.1, 0.15) is 123 Å². The average molecular weight is 377 g/mol. The van der Waals surface area contributed by atoms with Crippen molar-refractivity contribution in [1.29, 1.82) is 0 Å². The third-order valence-corrected chi connectivity index (χ3v) is 5.43. The zero-order chi connectivity index (χ0) is 20.2. The molecule has 4 heteroatoms. The van der Waals surface area contributed by atoms with Gasteiger partial charge in [0.2, 0.25) is 0 Å². The van der Waals surface area contributed by atoms with Gasteiger partial charge in [-0.25, -0.2) is 9.59 Å². The van der Waals surface area contributed by atoms with Crippen molar-refractivity contribution in [2.45, 2.75) is 97.3 Å². The summed E-state index contributed by atoms with van der Waals surface area (Å²) in [5, 5.41) is 19.0. The van der Waals surface area contributed by atoms with E-state index in [1.54, 1.807) is 0 Å². The van der Waals surface area contributed by atoms with Gasteiger partial charge in [0.25, 0.3) is 0 Å². The number of carboxylic acid groups (broad SMARTS) is 2. The van der Waals surface area contributed by atoms with Crippen LogP contribution in [0.3, 0.4) is 0 Å². The van der Waals surface area contributed by atoms with E-state index in [9.17, 15) is 19.8 Å². The van der Waals surface area contributed by atoms with Crippen LogP contribution in [-0.4, -0.2) is 22.2 Å². The third-order valence-electron chi connectivity index (χ3n) is 5.43. The molecule has 4 nitrogen and oxygen atoms in total. The zero-order valence-corrected chi connectivity index (χ0v) is 17.2. The van der Waals surface area contributed by atoms with Gasteiger partial charge in [-0.2, -0.15) is 0 Å². The van der Waals surface area contributed by atoms with Crippen LogP contribution in [-0.2, 0) is 6.42 Å². The molecule has 0 radical (unpaired) electrons. The van der Waals surface area contributed by atoms with Crippen molar-refractivity contribution in [2.24, 2.45) is 0 Å². The number of aryl methyl sites for hydroxylation is 1. The number of aromatic carboxylic acids is 2. The first kappa shape index (κ1) is 23.2. The van der Waals surface area contributed by atoms with Crippen LogP contribution in [0.25, 0.3) is 0 Å². The van der Waals surface area contributed by atoms with Crippen LogP contribution in [0.4, 0.5) is 0 Å². The molecule has 0 amide bonds. The third kappa shape index (κ3) is 7.36. The highest BCUT2D eigenvalue weighted by Gasteiger charge is 2.25. The van der Waals surface area contributed by atoms with E-state index in [-0.39, 0.29) is 17.0 Å². The monoisotopic (exact) mass is 376 g/mol. The van der Waals surface area contributed by atoms with E-state index in [0.29, 0.717) is 5.56 Å². The Morgan fingerprint density at radius 3 is 1.89 bits per heavy atom. The summed E-state index contributed by atoms with van der Waals surface area (Å²) in [6.45, 7) is 6.21. The Hall–Kier alpha value is -1.84. The Morgan fingerprint density at radius 2 is 1.41 bits per heavy atom. The Bertz CT molecular complexity index is 607. The lowest BCUT2D eigenvalue weighted by Gasteiger charge is -2.19. The molecule has 2 N–H and O–H groups in total. The molecule has 1 rings (SSSR count). The molecule has 1 unspecified atom stereocenters. The van der Waals surface area contributed by atoms with Crippen molar-refractivity contribution < 1.29 is 19.8 Å². The highest BCUT2D eigenvalue weighted by molar-refractivity contribution is 6.03. The van der Waals surface area contributed by atoms with Gasteiger partial charge in [-0.1, -0.05) is 78.2 Å². The van der Waals surface area contributed by atoms with Crippen molar-refractivity contribution in [3.63, 3.8) is 0 Å². The molecule has 0 aromatic heterocycles. The molecule has 0 saturated carbocycles. The maximum Gasteiger partial charge on any atom is 0.336 e. The molecule has 27 heavy (non-hydrogen) atoms. The predicted octanol–water partition coefficient (Wildman–Crippen LogP) is 6.67. The quantitative estimate of drug-likeness (QED) is 0.356. The van der Waals surface area contributed by atoms with Gasteiger partial charge < -0.3 is 10.2 Å². The van der Waals surface area contributed by atoms with Gasteiger partial charge >= 0.3 is 11.9 Å². The summed E-state index contributed by atoms with van der Waals surface area (Å²) in [6.07, 6.45) is 12.8. The summed E-state index contributed by atoms with van der Waals surface area (Å²) in [5.41, 5.74) is 1.58. The predicted molar refractivity (Wildman–Crippen MR) is 110 cm³/mol. The number of unbranched alkanes of at least 4 members (excludes halogenated alkanes) is 8. The molecule has 1 atom stereocenters. The lowest BCUT2D eigenvalue weighted by atomic mass is 9.84. The largest absolute Gasteiger partial charge is 0.478 e. The Labute approximate surface area is 164 Å². The van der Waals surface area contributed by atoms with E-state index in [1.165, 1.54) is 51.0 Å². The highest BCUT2D eigenvalue weighted by atomic mass is 16.4. The number of benzene rings is 1. The number of rotatable bonds is 14. The summed E-state index contributed by atoms with van der Waals surface area (Å²) in [7, 11) is 0. The molecular formula is C23H36O4. The first-order chi connectivity index (χ1) is 12.9. The van der Waals surface area contributed by atoms with Crippen LogP contribution >= 0.6 is 0 Å². The summed E-state index contributed by atoms with van der Waals surface area (Å²) in [5.74, 6) is -2.29. The van der Waals surface area contributed by atoms with Crippen molar-refractivity contribution in [3.8, 4) is 0 Å².